The quantitative estimate of drug-likeness (QED) is 0.877. The van der Waals surface area contributed by atoms with Crippen LogP contribution in [0.1, 0.15) is 5.56 Å². The second-order valence-electron chi connectivity index (χ2n) is 4.00. The second kappa shape index (κ2) is 4.87. The zero-order valence-electron chi connectivity index (χ0n) is 9.60. The van der Waals surface area contributed by atoms with E-state index in [1.807, 2.05) is 24.1 Å². The standard InChI is InChI=1S/C14H14FNO/c1-16(13-7-5-12(15)6-8-13)10-11-3-2-4-14(17)9-11/h2-9,17H,10H2,1H3. The van der Waals surface area contributed by atoms with Crippen LogP contribution in [-0.4, -0.2) is 12.2 Å². The Morgan fingerprint density at radius 1 is 1.12 bits per heavy atom. The molecular formula is C14H14FNO. The third-order valence-electron chi connectivity index (χ3n) is 2.60. The van der Waals surface area contributed by atoms with Gasteiger partial charge < -0.3 is 10.0 Å². The van der Waals surface area contributed by atoms with Crippen molar-refractivity contribution in [1.82, 2.24) is 0 Å². The van der Waals surface area contributed by atoms with Gasteiger partial charge in [-0.05, 0) is 42.0 Å². The molecule has 0 bridgehead atoms. The number of aromatic hydroxyl groups is 1. The maximum atomic E-state index is 12.8. The van der Waals surface area contributed by atoms with Crippen LogP contribution in [-0.2, 0) is 6.54 Å². The zero-order valence-corrected chi connectivity index (χ0v) is 9.60. The molecule has 0 amide bonds. The molecule has 1 N–H and O–H groups in total. The van der Waals surface area contributed by atoms with Crippen LogP contribution in [0.3, 0.4) is 0 Å². The summed E-state index contributed by atoms with van der Waals surface area (Å²) in [6.45, 7) is 0.667. The van der Waals surface area contributed by atoms with Crippen molar-refractivity contribution in [3.63, 3.8) is 0 Å². The smallest absolute Gasteiger partial charge is 0.123 e. The van der Waals surface area contributed by atoms with Gasteiger partial charge in [0.25, 0.3) is 0 Å². The van der Waals surface area contributed by atoms with Crippen LogP contribution < -0.4 is 4.90 Å². The Kier molecular flexibility index (Phi) is 3.28. The molecule has 0 atom stereocenters. The lowest BCUT2D eigenvalue weighted by molar-refractivity contribution is 0.474. The van der Waals surface area contributed by atoms with Crippen molar-refractivity contribution in [3.05, 3.63) is 59.9 Å². The average molecular weight is 231 g/mol. The summed E-state index contributed by atoms with van der Waals surface area (Å²) in [6.07, 6.45) is 0. The van der Waals surface area contributed by atoms with Gasteiger partial charge in [-0.3, -0.25) is 0 Å². The van der Waals surface area contributed by atoms with Crippen LogP contribution >= 0.6 is 0 Å². The summed E-state index contributed by atoms with van der Waals surface area (Å²) in [5.41, 5.74) is 1.95. The molecule has 0 fully saturated rings. The van der Waals surface area contributed by atoms with Crippen molar-refractivity contribution in [2.75, 3.05) is 11.9 Å². The van der Waals surface area contributed by atoms with Crippen LogP contribution in [0.2, 0.25) is 0 Å². The Labute approximate surface area is 99.9 Å². The first-order chi connectivity index (χ1) is 8.15. The fraction of sp³-hybridized carbons (Fsp3) is 0.143. The van der Waals surface area contributed by atoms with Gasteiger partial charge in [-0.15, -0.1) is 0 Å². The van der Waals surface area contributed by atoms with Crippen LogP contribution in [0.15, 0.2) is 48.5 Å². The number of benzene rings is 2. The summed E-state index contributed by atoms with van der Waals surface area (Å²) >= 11 is 0. The van der Waals surface area contributed by atoms with Crippen molar-refractivity contribution >= 4 is 5.69 Å². The van der Waals surface area contributed by atoms with E-state index in [2.05, 4.69) is 0 Å². The van der Waals surface area contributed by atoms with Gasteiger partial charge >= 0.3 is 0 Å². The van der Waals surface area contributed by atoms with Crippen molar-refractivity contribution in [2.45, 2.75) is 6.54 Å². The van der Waals surface area contributed by atoms with Crippen molar-refractivity contribution < 1.29 is 9.50 Å². The van der Waals surface area contributed by atoms with E-state index in [0.717, 1.165) is 11.3 Å². The first kappa shape index (κ1) is 11.5. The van der Waals surface area contributed by atoms with E-state index in [9.17, 15) is 9.50 Å². The molecule has 2 rings (SSSR count). The molecule has 88 valence electrons. The molecule has 2 aromatic rings. The minimum absolute atomic E-state index is 0.237. The molecule has 3 heteroatoms. The number of phenols is 1. The summed E-state index contributed by atoms with van der Waals surface area (Å²) in [4.78, 5) is 1.99. The van der Waals surface area contributed by atoms with E-state index in [1.54, 1.807) is 24.3 Å². The van der Waals surface area contributed by atoms with E-state index in [1.165, 1.54) is 12.1 Å². The fourth-order valence-electron chi connectivity index (χ4n) is 1.72. The highest BCUT2D eigenvalue weighted by Crippen LogP contribution is 2.18. The minimum Gasteiger partial charge on any atom is -0.508 e. The number of halogens is 1. The van der Waals surface area contributed by atoms with Gasteiger partial charge in [-0.25, -0.2) is 4.39 Å². The van der Waals surface area contributed by atoms with E-state index < -0.39 is 0 Å². The summed E-state index contributed by atoms with van der Waals surface area (Å²) in [5, 5.41) is 9.36. The first-order valence-electron chi connectivity index (χ1n) is 5.40. The molecule has 0 saturated heterocycles. The third-order valence-corrected chi connectivity index (χ3v) is 2.60. The molecular weight excluding hydrogens is 217 g/mol. The van der Waals surface area contributed by atoms with Crippen molar-refractivity contribution in [2.24, 2.45) is 0 Å². The number of hydrogen-bond donors (Lipinski definition) is 1. The normalized spacial score (nSPS) is 10.2. The minimum atomic E-state index is -0.237. The Morgan fingerprint density at radius 3 is 2.47 bits per heavy atom. The predicted molar refractivity (Wildman–Crippen MR) is 66.6 cm³/mol. The number of hydrogen-bond acceptors (Lipinski definition) is 2. The number of rotatable bonds is 3. The van der Waals surface area contributed by atoms with Gasteiger partial charge in [-0.2, -0.15) is 0 Å². The highest BCUT2D eigenvalue weighted by molar-refractivity contribution is 5.46. The third kappa shape index (κ3) is 2.97. The molecule has 0 heterocycles. The first-order valence-corrected chi connectivity index (χ1v) is 5.40. The molecule has 0 aliphatic rings. The highest BCUT2D eigenvalue weighted by Gasteiger charge is 2.02. The molecule has 0 aliphatic carbocycles. The highest BCUT2D eigenvalue weighted by atomic mass is 19.1. The van der Waals surface area contributed by atoms with Crippen molar-refractivity contribution in [3.8, 4) is 5.75 Å². The summed E-state index contributed by atoms with van der Waals surface area (Å²) in [5.74, 6) is 0.0227. The van der Waals surface area contributed by atoms with E-state index in [4.69, 9.17) is 0 Å². The van der Waals surface area contributed by atoms with Gasteiger partial charge in [0.15, 0.2) is 0 Å². The SMILES string of the molecule is CN(Cc1cccc(O)c1)c1ccc(F)cc1. The maximum absolute atomic E-state index is 12.8. The molecule has 2 nitrogen and oxygen atoms in total. The van der Waals surface area contributed by atoms with Crippen LogP contribution in [0.4, 0.5) is 10.1 Å². The molecule has 0 aliphatic heterocycles. The van der Waals surface area contributed by atoms with E-state index in [-0.39, 0.29) is 11.6 Å². The lowest BCUT2D eigenvalue weighted by atomic mass is 10.2. The topological polar surface area (TPSA) is 23.5 Å². The maximum Gasteiger partial charge on any atom is 0.123 e. The van der Waals surface area contributed by atoms with Gasteiger partial charge in [0, 0.05) is 19.3 Å². The fourth-order valence-corrected chi connectivity index (χ4v) is 1.72. The van der Waals surface area contributed by atoms with Gasteiger partial charge in [0.1, 0.15) is 11.6 Å². The second-order valence-corrected chi connectivity index (χ2v) is 4.00. The zero-order chi connectivity index (χ0) is 12.3. The molecule has 2 aromatic carbocycles. The van der Waals surface area contributed by atoms with Gasteiger partial charge in [0.05, 0.1) is 0 Å². The average Bonchev–Trinajstić information content (AvgIpc) is 2.29. The summed E-state index contributed by atoms with van der Waals surface area (Å²) in [7, 11) is 1.93. The summed E-state index contributed by atoms with van der Waals surface area (Å²) < 4.78 is 12.8. The number of phenolic OH excluding ortho intramolecular Hbond substituents is 1. The molecule has 0 radical (unpaired) electrons. The molecule has 0 unspecified atom stereocenters. The lowest BCUT2D eigenvalue weighted by Gasteiger charge is -2.19. The Morgan fingerprint density at radius 2 is 1.82 bits per heavy atom. The van der Waals surface area contributed by atoms with E-state index in [0.29, 0.717) is 6.54 Å². The predicted octanol–water partition coefficient (Wildman–Crippen LogP) is 3.17. The Hall–Kier alpha value is -2.03. The number of anilines is 1. The van der Waals surface area contributed by atoms with Gasteiger partial charge in [0.2, 0.25) is 0 Å². The monoisotopic (exact) mass is 231 g/mol. The molecule has 0 aromatic heterocycles. The summed E-state index contributed by atoms with van der Waals surface area (Å²) in [6, 6.07) is 13.5. The molecule has 17 heavy (non-hydrogen) atoms. The molecule has 0 spiro atoms. The lowest BCUT2D eigenvalue weighted by Crippen LogP contribution is -2.16. The van der Waals surface area contributed by atoms with Crippen LogP contribution in [0, 0.1) is 5.82 Å². The van der Waals surface area contributed by atoms with E-state index >= 15 is 0 Å². The Bertz CT molecular complexity index is 496. The molecule has 0 saturated carbocycles. The number of nitrogens with zero attached hydrogens (tertiary/aromatic N) is 1. The van der Waals surface area contributed by atoms with Crippen LogP contribution in [0.5, 0.6) is 5.75 Å². The van der Waals surface area contributed by atoms with Crippen molar-refractivity contribution in [1.29, 1.82) is 0 Å². The van der Waals surface area contributed by atoms with Gasteiger partial charge in [-0.1, -0.05) is 12.1 Å². The Balaban J connectivity index is 2.11. The largest absolute Gasteiger partial charge is 0.508 e. The van der Waals surface area contributed by atoms with Crippen LogP contribution in [0.25, 0.3) is 0 Å².